The first kappa shape index (κ1) is 31.3. The third kappa shape index (κ3) is 9.08. The predicted molar refractivity (Wildman–Crippen MR) is 136 cm³/mol. The fraction of sp³-hybridized carbons (Fsp3) is 0.370. The van der Waals surface area contributed by atoms with Crippen LogP contribution < -0.4 is 10.6 Å². The monoisotopic (exact) mass is 555 g/mol. The number of nitrogens with one attached hydrogen (secondary N) is 2. The first-order valence-corrected chi connectivity index (χ1v) is 12.2. The largest absolute Gasteiger partial charge is 0.505 e. The number of pyridine rings is 1. The van der Waals surface area contributed by atoms with Crippen LogP contribution in [-0.4, -0.2) is 39.8 Å². The van der Waals surface area contributed by atoms with Gasteiger partial charge in [-0.05, 0) is 42.2 Å². The van der Waals surface area contributed by atoms with Crippen LogP contribution in [0.4, 0.5) is 27.8 Å². The zero-order chi connectivity index (χ0) is 29.3. The van der Waals surface area contributed by atoms with Gasteiger partial charge in [-0.25, -0.2) is 18.6 Å². The molecule has 0 bridgehead atoms. The van der Waals surface area contributed by atoms with E-state index in [2.05, 4.69) is 22.5 Å². The molecule has 39 heavy (non-hydrogen) atoms. The quantitative estimate of drug-likeness (QED) is 0.182. The summed E-state index contributed by atoms with van der Waals surface area (Å²) in [6, 6.07) is 9.74. The van der Waals surface area contributed by atoms with Crippen LogP contribution in [0.5, 0.6) is 5.75 Å². The summed E-state index contributed by atoms with van der Waals surface area (Å²) >= 11 is 0. The lowest BCUT2D eigenvalue weighted by atomic mass is 9.95. The summed E-state index contributed by atoms with van der Waals surface area (Å²) in [7, 11) is 0. The number of phenolic OH excluding ortho intramolecular Hbond substituents is 1. The first-order chi connectivity index (χ1) is 18.2. The van der Waals surface area contributed by atoms with Crippen molar-refractivity contribution in [2.24, 2.45) is 5.92 Å². The molecule has 1 aromatic heterocycles. The van der Waals surface area contributed by atoms with E-state index >= 15 is 0 Å². The summed E-state index contributed by atoms with van der Waals surface area (Å²) in [5.74, 6) is -4.37. The van der Waals surface area contributed by atoms with Crippen LogP contribution in [0.2, 0.25) is 0 Å². The Hall–Kier alpha value is -3.96. The number of carboxylic acids is 1. The van der Waals surface area contributed by atoms with Crippen molar-refractivity contribution in [3.8, 4) is 5.75 Å². The molecule has 1 atom stereocenters. The van der Waals surface area contributed by atoms with Crippen molar-refractivity contribution in [1.82, 2.24) is 10.3 Å². The Labute approximate surface area is 222 Å². The van der Waals surface area contributed by atoms with E-state index in [0.717, 1.165) is 36.9 Å². The van der Waals surface area contributed by atoms with Gasteiger partial charge in [0.1, 0.15) is 17.1 Å². The van der Waals surface area contributed by atoms with Gasteiger partial charge in [0.05, 0.1) is 6.04 Å². The third-order valence-corrected chi connectivity index (χ3v) is 5.43. The van der Waals surface area contributed by atoms with Crippen molar-refractivity contribution in [3.05, 3.63) is 65.2 Å². The second-order valence-electron chi connectivity index (χ2n) is 9.13. The van der Waals surface area contributed by atoms with E-state index in [9.17, 15) is 31.9 Å². The number of aromatic nitrogens is 1. The molecule has 0 spiro atoms. The average molecular weight is 556 g/mol. The van der Waals surface area contributed by atoms with Crippen LogP contribution in [0.15, 0.2) is 42.5 Å². The number of amides is 1. The molecule has 0 aliphatic heterocycles. The summed E-state index contributed by atoms with van der Waals surface area (Å²) in [6.07, 6.45) is -2.79. The van der Waals surface area contributed by atoms with Gasteiger partial charge < -0.3 is 20.8 Å². The molecule has 0 saturated carbocycles. The normalized spacial score (nSPS) is 12.0. The molecule has 1 unspecified atom stereocenters. The average Bonchev–Trinajstić information content (AvgIpc) is 2.85. The summed E-state index contributed by atoms with van der Waals surface area (Å²) in [5, 5.41) is 25.0. The number of anilines is 1. The summed E-state index contributed by atoms with van der Waals surface area (Å²) in [5.41, 5.74) is 1.06. The number of hydrogen-bond donors (Lipinski definition) is 4. The van der Waals surface area contributed by atoms with Crippen LogP contribution in [0.25, 0.3) is 10.9 Å². The van der Waals surface area contributed by atoms with Gasteiger partial charge in [-0.2, -0.15) is 13.2 Å². The van der Waals surface area contributed by atoms with Crippen LogP contribution in [0, 0.1) is 17.6 Å². The molecule has 3 aromatic rings. The van der Waals surface area contributed by atoms with Crippen molar-refractivity contribution in [2.45, 2.75) is 52.3 Å². The van der Waals surface area contributed by atoms with Gasteiger partial charge in [0.25, 0.3) is 0 Å². The highest BCUT2D eigenvalue weighted by Crippen LogP contribution is 2.35. The highest BCUT2D eigenvalue weighted by Gasteiger charge is 2.38. The number of rotatable bonds is 9. The Kier molecular flexibility index (Phi) is 11.0. The minimum absolute atomic E-state index is 0.110. The maximum atomic E-state index is 14.0. The Balaban J connectivity index is 0.000000673. The second-order valence-corrected chi connectivity index (χ2v) is 9.13. The van der Waals surface area contributed by atoms with Crippen LogP contribution in [0.1, 0.15) is 57.2 Å². The number of nitrogens with zero attached hydrogens (tertiary/aromatic N) is 1. The maximum absolute atomic E-state index is 14.0. The van der Waals surface area contributed by atoms with E-state index in [1.807, 2.05) is 26.0 Å². The number of unbranched alkanes of at least 4 members (excludes halogenated alkanes) is 1. The minimum atomic E-state index is -5.08. The molecule has 1 amide bonds. The summed E-state index contributed by atoms with van der Waals surface area (Å²) in [6.45, 7) is 6.69. The zero-order valence-electron chi connectivity index (χ0n) is 21.6. The molecule has 212 valence electrons. The van der Waals surface area contributed by atoms with Gasteiger partial charge in [0.15, 0.2) is 11.6 Å². The number of alkyl halides is 3. The Morgan fingerprint density at radius 2 is 1.67 bits per heavy atom. The van der Waals surface area contributed by atoms with Gasteiger partial charge in [0.2, 0.25) is 5.91 Å². The van der Waals surface area contributed by atoms with Crippen molar-refractivity contribution in [2.75, 3.05) is 11.9 Å². The standard InChI is InChI=1S/C25H29F2N3O2.C2HF3O2/c1-4-5-12-28-21-11-8-16-6-9-18(25(32)24(16)29-21)23(30-22(31)13-15(2)3)17-7-10-19(26)20(27)14-17;3-2(4,5)1(6)7/h6-11,14-15,23,32H,4-5,12-13H2,1-3H3,(H,28,29)(H,30,31);(H,6,7). The Morgan fingerprint density at radius 3 is 2.23 bits per heavy atom. The molecule has 12 heteroatoms. The lowest BCUT2D eigenvalue weighted by Crippen LogP contribution is -2.30. The number of benzene rings is 2. The number of phenols is 1. The van der Waals surface area contributed by atoms with Gasteiger partial charge >= 0.3 is 12.1 Å². The lowest BCUT2D eigenvalue weighted by Gasteiger charge is -2.22. The molecule has 7 nitrogen and oxygen atoms in total. The minimum Gasteiger partial charge on any atom is -0.505 e. The number of carbonyl (C=O) groups excluding carboxylic acids is 1. The topological polar surface area (TPSA) is 112 Å². The molecule has 0 saturated heterocycles. The van der Waals surface area contributed by atoms with Crippen molar-refractivity contribution in [1.29, 1.82) is 0 Å². The molecule has 1 heterocycles. The van der Waals surface area contributed by atoms with Crippen molar-refractivity contribution in [3.63, 3.8) is 0 Å². The molecule has 3 rings (SSSR count). The van der Waals surface area contributed by atoms with Gasteiger partial charge in [-0.1, -0.05) is 45.4 Å². The van der Waals surface area contributed by atoms with E-state index in [-0.39, 0.29) is 24.0 Å². The summed E-state index contributed by atoms with van der Waals surface area (Å²) in [4.78, 5) is 26.0. The van der Waals surface area contributed by atoms with E-state index in [1.54, 1.807) is 12.1 Å². The number of halogens is 5. The number of aliphatic carboxylic acids is 1. The molecule has 0 radical (unpaired) electrons. The van der Waals surface area contributed by atoms with E-state index in [1.165, 1.54) is 6.07 Å². The second kappa shape index (κ2) is 13.7. The highest BCUT2D eigenvalue weighted by atomic mass is 19.4. The molecule has 0 fully saturated rings. The van der Waals surface area contributed by atoms with Crippen LogP contribution >= 0.6 is 0 Å². The number of fused-ring (bicyclic) bond motifs is 1. The first-order valence-electron chi connectivity index (χ1n) is 12.2. The summed E-state index contributed by atoms with van der Waals surface area (Å²) < 4.78 is 59.3. The molecular formula is C27H30F5N3O4. The van der Waals surface area contributed by atoms with E-state index < -0.39 is 29.8 Å². The number of aromatic hydroxyl groups is 1. The SMILES string of the molecule is CCCCNc1ccc2ccc(C(NC(=O)CC(C)C)c3ccc(F)c(F)c3)c(O)c2n1.O=C(O)C(F)(F)F. The Bertz CT molecular complexity index is 1300. The molecular weight excluding hydrogens is 525 g/mol. The molecule has 0 aliphatic carbocycles. The number of carboxylic acid groups (broad SMARTS) is 1. The molecule has 4 N–H and O–H groups in total. The van der Waals surface area contributed by atoms with Crippen molar-refractivity contribution < 1.29 is 41.8 Å². The maximum Gasteiger partial charge on any atom is 0.490 e. The van der Waals surface area contributed by atoms with E-state index in [4.69, 9.17) is 9.90 Å². The Morgan fingerprint density at radius 1 is 1.03 bits per heavy atom. The van der Waals surface area contributed by atoms with Gasteiger partial charge in [0, 0.05) is 23.9 Å². The smallest absolute Gasteiger partial charge is 0.490 e. The van der Waals surface area contributed by atoms with Crippen LogP contribution in [0.3, 0.4) is 0 Å². The third-order valence-electron chi connectivity index (χ3n) is 5.43. The van der Waals surface area contributed by atoms with E-state index in [0.29, 0.717) is 22.5 Å². The molecule has 2 aromatic carbocycles. The molecule has 0 aliphatic rings. The van der Waals surface area contributed by atoms with Gasteiger partial charge in [-0.15, -0.1) is 0 Å². The predicted octanol–water partition coefficient (Wildman–Crippen LogP) is 6.32. The fourth-order valence-electron chi connectivity index (χ4n) is 3.54. The number of carbonyl (C=O) groups is 2. The highest BCUT2D eigenvalue weighted by molar-refractivity contribution is 5.88. The fourth-order valence-corrected chi connectivity index (χ4v) is 3.54. The number of hydrogen-bond acceptors (Lipinski definition) is 5. The van der Waals surface area contributed by atoms with Crippen molar-refractivity contribution >= 4 is 28.6 Å². The van der Waals surface area contributed by atoms with Crippen LogP contribution in [-0.2, 0) is 9.59 Å². The zero-order valence-corrected chi connectivity index (χ0v) is 21.6. The van der Waals surface area contributed by atoms with Gasteiger partial charge in [-0.3, -0.25) is 4.79 Å². The lowest BCUT2D eigenvalue weighted by molar-refractivity contribution is -0.192.